The highest BCUT2D eigenvalue weighted by Gasteiger charge is 2.40. The fraction of sp³-hybridized carbons (Fsp3) is 0.671. The Morgan fingerprint density at radius 3 is 1.31 bits per heavy atom. The summed E-state index contributed by atoms with van der Waals surface area (Å²) in [5, 5.41) is 47.8. The molecular formula is C82H139N23O19. The fourth-order valence-electron chi connectivity index (χ4n) is 13.1. The molecule has 0 aliphatic heterocycles. The molecule has 1 heterocycles. The van der Waals surface area contributed by atoms with Crippen molar-refractivity contribution in [1.82, 2.24) is 79.4 Å². The van der Waals surface area contributed by atoms with Crippen LogP contribution in [0, 0.1) is 29.6 Å². The molecule has 30 N–H and O–H groups in total. The third kappa shape index (κ3) is 40.2. The van der Waals surface area contributed by atoms with E-state index in [1.165, 1.54) is 13.8 Å². The number of aromatic nitrogens is 1. The van der Waals surface area contributed by atoms with Crippen molar-refractivity contribution in [3.63, 3.8) is 0 Å². The van der Waals surface area contributed by atoms with Gasteiger partial charge in [0.25, 0.3) is 0 Å². The van der Waals surface area contributed by atoms with Crippen molar-refractivity contribution in [1.29, 1.82) is 0 Å². The normalized spacial score (nSPS) is 15.1. The molecule has 42 heteroatoms. The van der Waals surface area contributed by atoms with Crippen LogP contribution in [0.5, 0.6) is 0 Å². The van der Waals surface area contributed by atoms with Gasteiger partial charge in [0.05, 0.1) is 12.6 Å². The highest BCUT2D eigenvalue weighted by atomic mass is 16.3. The van der Waals surface area contributed by atoms with Crippen molar-refractivity contribution in [2.45, 2.75) is 303 Å². The maximum absolute atomic E-state index is 14.6. The summed E-state index contributed by atoms with van der Waals surface area (Å²) in [6, 6.07) is -11.8. The van der Waals surface area contributed by atoms with Crippen molar-refractivity contribution >= 4 is 123 Å². The Balaban J connectivity index is 2.51. The van der Waals surface area contributed by atoms with Gasteiger partial charge in [-0.1, -0.05) is 120 Å². The van der Waals surface area contributed by atoms with Gasteiger partial charge in [-0.3, -0.25) is 91.3 Å². The molecule has 0 saturated heterocycles. The van der Waals surface area contributed by atoms with Gasteiger partial charge in [-0.05, 0) is 132 Å². The number of aliphatic imine (C=N–C) groups is 1. The quantitative estimate of drug-likeness (QED) is 0.0173. The van der Waals surface area contributed by atoms with E-state index in [-0.39, 0.29) is 102 Å². The lowest BCUT2D eigenvalue weighted by molar-refractivity contribution is -0.137. The minimum Gasteiger partial charge on any atom is -0.391 e. The van der Waals surface area contributed by atoms with Crippen molar-refractivity contribution in [3.8, 4) is 0 Å². The Kier molecular flexibility index (Phi) is 49.2. The van der Waals surface area contributed by atoms with Crippen LogP contribution in [0.4, 0.5) is 0 Å². The zero-order valence-electron chi connectivity index (χ0n) is 73.9. The summed E-state index contributed by atoms with van der Waals surface area (Å²) >= 11 is 0. The number of carbonyl (C=O) groups is 18. The van der Waals surface area contributed by atoms with Crippen molar-refractivity contribution in [2.75, 3.05) is 19.6 Å². The van der Waals surface area contributed by atoms with Crippen LogP contribution in [-0.4, -0.2) is 227 Å². The summed E-state index contributed by atoms with van der Waals surface area (Å²) in [5.41, 5.74) is 40.0. The SMILES string of the molecule is CCCCCC(=O)N[C@@H](CCC(N)=O)C(=O)N[C@@H](CC(C)C)C(=O)N[C@H](C(=O)N[C@H](C(=O)N[C@@H](Cc1c[nH]c2ccccc12)C(=O)NCC(=O)N[C@H](C(=O)N[C@@H](CCCCN)C(=O)N[C@@H](CCC(N)=O)C(=O)N[C@@H](CC(C)C)C(=O)N[C@@H](CCC(N)=O)C(=O)N[C@@H](C)C(=O)N[C@@H](CCCN=C(N)N)C(=O)N[C@H](C(N)=O)[C@@H](C)CC)[C@@H](C)CC)C(C)C)[C@@H](C)O. The van der Waals surface area contributed by atoms with E-state index in [9.17, 15) is 91.4 Å². The minimum absolute atomic E-state index is 0.00548. The number of para-hydroxylation sites is 1. The Hall–Kier alpha value is -11.6. The molecule has 696 valence electrons. The highest BCUT2D eigenvalue weighted by molar-refractivity contribution is 6.01. The van der Waals surface area contributed by atoms with Gasteiger partial charge in [0.15, 0.2) is 5.96 Å². The molecule has 18 amide bonds. The molecule has 1 aromatic carbocycles. The predicted octanol–water partition coefficient (Wildman–Crippen LogP) is -3.59. The number of amides is 18. The van der Waals surface area contributed by atoms with Crippen LogP contribution >= 0.6 is 0 Å². The van der Waals surface area contributed by atoms with Gasteiger partial charge in [0.1, 0.15) is 78.5 Å². The van der Waals surface area contributed by atoms with Crippen LogP contribution in [0.3, 0.4) is 0 Å². The van der Waals surface area contributed by atoms with Crippen molar-refractivity contribution in [2.24, 2.45) is 74.7 Å². The number of guanidine groups is 1. The Bertz CT molecular complexity index is 3940. The van der Waals surface area contributed by atoms with Gasteiger partial charge in [-0.15, -0.1) is 0 Å². The zero-order valence-corrected chi connectivity index (χ0v) is 73.9. The molecule has 2 aromatic rings. The molecule has 0 radical (unpaired) electrons. The number of benzene rings is 1. The van der Waals surface area contributed by atoms with E-state index in [0.29, 0.717) is 35.7 Å². The van der Waals surface area contributed by atoms with Crippen LogP contribution in [-0.2, 0) is 92.7 Å². The Morgan fingerprint density at radius 2 is 0.823 bits per heavy atom. The Morgan fingerprint density at radius 1 is 0.403 bits per heavy atom. The molecule has 0 aliphatic rings. The van der Waals surface area contributed by atoms with Crippen LogP contribution in [0.1, 0.15) is 218 Å². The number of primary amides is 4. The van der Waals surface area contributed by atoms with E-state index in [4.69, 9.17) is 40.1 Å². The fourth-order valence-corrected chi connectivity index (χ4v) is 13.1. The summed E-state index contributed by atoms with van der Waals surface area (Å²) in [4.78, 5) is 254. The summed E-state index contributed by atoms with van der Waals surface area (Å²) in [5.74, 6) is -18.6. The number of aliphatic hydroxyl groups is 1. The maximum atomic E-state index is 14.6. The number of hydrogen-bond donors (Lipinski definition) is 23. The first-order valence-electron chi connectivity index (χ1n) is 42.6. The number of H-pyrrole nitrogens is 1. The second-order valence-electron chi connectivity index (χ2n) is 32.7. The number of unbranched alkanes of at least 4 members (excludes halogenated alkanes) is 3. The monoisotopic (exact) mass is 1750 g/mol. The largest absolute Gasteiger partial charge is 0.391 e. The second-order valence-corrected chi connectivity index (χ2v) is 32.7. The molecule has 0 unspecified atom stereocenters. The lowest BCUT2D eigenvalue weighted by atomic mass is 9.97. The second kappa shape index (κ2) is 56.2. The molecule has 1 aromatic heterocycles. The molecule has 0 fully saturated rings. The van der Waals surface area contributed by atoms with Gasteiger partial charge < -0.3 is 125 Å². The average molecular weight is 1750 g/mol. The number of nitrogens with one attached hydrogen (secondary N) is 15. The van der Waals surface area contributed by atoms with E-state index >= 15 is 0 Å². The van der Waals surface area contributed by atoms with E-state index < -0.39 is 241 Å². The van der Waals surface area contributed by atoms with E-state index in [2.05, 4.69) is 84.4 Å². The predicted molar refractivity (Wildman–Crippen MR) is 462 cm³/mol. The number of carbonyl (C=O) groups excluding carboxylic acids is 18. The maximum Gasteiger partial charge on any atom is 0.245 e. The first kappa shape index (κ1) is 108. The van der Waals surface area contributed by atoms with Crippen LogP contribution < -0.4 is 115 Å². The van der Waals surface area contributed by atoms with E-state index in [1.54, 1.807) is 99.7 Å². The topological polar surface area (TPSA) is 706 Å². The average Bonchev–Trinajstić information content (AvgIpc) is 1.64. The standard InChI is InChI=1S/C82H139N23O19/c1-14-17-18-28-63(110)94-54(29-32-60(84)107)74(117)100-58(38-43(6)7)78(121)105-68(48(13)106)81(124)103-65(44(8)9)79(122)101-59(39-49-40-91-51-25-20-19-24-50(49)51)71(114)92-41-64(111)102-67(46(11)16-3)80(123)98-52(26-21-22-35-83)73(116)96-56(31-34-62(86)109)75(118)99-57(37-42(4)5)77(120)97-55(30-33-61(85)108)72(115)93-47(12)70(113)95-53(27-23-36-90-82(88)89)76(119)104-66(69(87)112)45(10)15-2/h19-20,24-25,40,42-48,52-59,65-68,91,106H,14-18,21-23,26-39,41,83H2,1-13H3,(H2,84,107)(H2,85,108)(H2,86,109)(H2,87,112)(H,92,114)(H,93,115)(H,94,110)(H,95,113)(H,96,116)(H,97,120)(H,98,123)(H,99,118)(H,100,117)(H,101,122)(H,102,111)(H,103,124)(H,104,119)(H,105,121)(H4,88,89,90)/t45-,46-,47-,48+,52-,53-,54-,55-,56-,57-,58-,59-,65-,66-,67-,68-/m0/s1. The number of aliphatic hydroxyl groups excluding tert-OH is 1. The van der Waals surface area contributed by atoms with Crippen molar-refractivity contribution in [3.05, 3.63) is 36.0 Å². The van der Waals surface area contributed by atoms with Gasteiger partial charge in [-0.2, -0.15) is 0 Å². The summed E-state index contributed by atoms with van der Waals surface area (Å²) in [7, 11) is 0. The molecule has 124 heavy (non-hydrogen) atoms. The smallest absolute Gasteiger partial charge is 0.245 e. The van der Waals surface area contributed by atoms with E-state index in [0.717, 1.165) is 12.8 Å². The molecule has 0 spiro atoms. The van der Waals surface area contributed by atoms with Crippen LogP contribution in [0.25, 0.3) is 10.9 Å². The van der Waals surface area contributed by atoms with Crippen LogP contribution in [0.2, 0.25) is 0 Å². The number of hydrogen-bond acceptors (Lipinski definition) is 21. The number of aromatic amines is 1. The first-order valence-corrected chi connectivity index (χ1v) is 42.6. The summed E-state index contributed by atoms with van der Waals surface area (Å²) in [6.07, 6.45) is 0.821. The lowest BCUT2D eigenvalue weighted by Crippen LogP contribution is -2.62. The number of rotatable bonds is 61. The van der Waals surface area contributed by atoms with E-state index in [1.807, 2.05) is 6.92 Å². The Labute approximate surface area is 724 Å². The minimum atomic E-state index is -1.75. The molecule has 0 bridgehead atoms. The number of nitrogens with two attached hydrogens (primary N) is 7. The molecule has 0 aliphatic carbocycles. The highest BCUT2D eigenvalue weighted by Crippen LogP contribution is 2.21. The van der Waals surface area contributed by atoms with Gasteiger partial charge in [0, 0.05) is 55.7 Å². The number of fused-ring (bicyclic) bond motifs is 1. The third-order valence-corrected chi connectivity index (χ3v) is 20.6. The molecule has 16 atom stereocenters. The summed E-state index contributed by atoms with van der Waals surface area (Å²) in [6.45, 7) is 20.7. The summed E-state index contributed by atoms with van der Waals surface area (Å²) < 4.78 is 0. The first-order chi connectivity index (χ1) is 58.3. The van der Waals surface area contributed by atoms with Gasteiger partial charge >= 0.3 is 0 Å². The third-order valence-electron chi connectivity index (χ3n) is 20.6. The lowest BCUT2D eigenvalue weighted by Gasteiger charge is -2.30. The van der Waals surface area contributed by atoms with Crippen molar-refractivity contribution < 1.29 is 91.4 Å². The molecule has 0 saturated carbocycles. The molecule has 42 nitrogen and oxygen atoms in total. The number of nitrogens with zero attached hydrogens (tertiary/aromatic N) is 1. The molecule has 2 rings (SSSR count). The van der Waals surface area contributed by atoms with Gasteiger partial charge in [0.2, 0.25) is 106 Å². The van der Waals surface area contributed by atoms with Crippen LogP contribution in [0.15, 0.2) is 35.5 Å². The molecular weight excluding hydrogens is 1610 g/mol. The van der Waals surface area contributed by atoms with Gasteiger partial charge in [-0.25, -0.2) is 0 Å². The zero-order chi connectivity index (χ0) is 93.8.